The van der Waals surface area contributed by atoms with Crippen LogP contribution in [0, 0.1) is 0 Å². The Kier molecular flexibility index (Phi) is 3.62. The number of benzene rings is 1. The molecule has 2 amide bonds. The zero-order valence-electron chi connectivity index (χ0n) is 9.90. The molecule has 1 aromatic heterocycles. The lowest BCUT2D eigenvalue weighted by Crippen LogP contribution is -2.25. The van der Waals surface area contributed by atoms with E-state index in [1.54, 1.807) is 12.3 Å². The standard InChI is InChI=1S/C13H15N3O2/c14-11(17)5-2-7-16-13(18)10-4-1-3-9-6-8-15-12(9)10/h1,3-4,6,8,15H,2,5,7H2,(H2,14,17)(H,16,18). The predicted molar refractivity (Wildman–Crippen MR) is 69.1 cm³/mol. The third-order valence-electron chi connectivity index (χ3n) is 2.72. The van der Waals surface area contributed by atoms with Gasteiger partial charge in [-0.1, -0.05) is 12.1 Å². The average Bonchev–Trinajstić information content (AvgIpc) is 2.82. The van der Waals surface area contributed by atoms with Gasteiger partial charge in [-0.05, 0) is 18.6 Å². The average molecular weight is 245 g/mol. The van der Waals surface area contributed by atoms with Crippen LogP contribution in [0.25, 0.3) is 10.9 Å². The highest BCUT2D eigenvalue weighted by Gasteiger charge is 2.09. The van der Waals surface area contributed by atoms with Crippen molar-refractivity contribution in [2.45, 2.75) is 12.8 Å². The van der Waals surface area contributed by atoms with Crippen molar-refractivity contribution < 1.29 is 9.59 Å². The van der Waals surface area contributed by atoms with E-state index in [2.05, 4.69) is 10.3 Å². The number of nitrogens with one attached hydrogen (secondary N) is 2. The Morgan fingerprint density at radius 3 is 2.89 bits per heavy atom. The summed E-state index contributed by atoms with van der Waals surface area (Å²) in [5.41, 5.74) is 6.46. The second-order valence-electron chi connectivity index (χ2n) is 4.07. The molecule has 1 aromatic carbocycles. The summed E-state index contributed by atoms with van der Waals surface area (Å²) in [6.45, 7) is 0.443. The number of fused-ring (bicyclic) bond motifs is 1. The normalized spacial score (nSPS) is 10.4. The number of rotatable bonds is 5. The maximum atomic E-state index is 12.0. The van der Waals surface area contributed by atoms with Gasteiger partial charge in [0.1, 0.15) is 0 Å². The van der Waals surface area contributed by atoms with E-state index in [-0.39, 0.29) is 18.2 Å². The van der Waals surface area contributed by atoms with E-state index < -0.39 is 0 Å². The molecule has 0 bridgehead atoms. The van der Waals surface area contributed by atoms with Crippen LogP contribution < -0.4 is 11.1 Å². The van der Waals surface area contributed by atoms with Crippen molar-refractivity contribution in [3.05, 3.63) is 36.0 Å². The molecule has 0 radical (unpaired) electrons. The molecule has 0 saturated carbocycles. The van der Waals surface area contributed by atoms with Gasteiger partial charge in [0.15, 0.2) is 0 Å². The first-order chi connectivity index (χ1) is 8.68. The Morgan fingerprint density at radius 2 is 2.11 bits per heavy atom. The van der Waals surface area contributed by atoms with Crippen LogP contribution in [0.5, 0.6) is 0 Å². The number of hydrogen-bond acceptors (Lipinski definition) is 2. The van der Waals surface area contributed by atoms with Gasteiger partial charge in [0.05, 0.1) is 11.1 Å². The minimum absolute atomic E-state index is 0.146. The molecule has 0 saturated heterocycles. The molecule has 1 heterocycles. The van der Waals surface area contributed by atoms with Gasteiger partial charge in [0, 0.05) is 24.5 Å². The fraction of sp³-hybridized carbons (Fsp3) is 0.231. The van der Waals surface area contributed by atoms with E-state index >= 15 is 0 Å². The van der Waals surface area contributed by atoms with Crippen LogP contribution in [-0.2, 0) is 4.79 Å². The van der Waals surface area contributed by atoms with Gasteiger partial charge in [0.2, 0.25) is 5.91 Å². The molecule has 18 heavy (non-hydrogen) atoms. The van der Waals surface area contributed by atoms with Crippen LogP contribution in [0.2, 0.25) is 0 Å². The third kappa shape index (κ3) is 2.68. The number of primary amides is 1. The zero-order valence-corrected chi connectivity index (χ0v) is 9.90. The smallest absolute Gasteiger partial charge is 0.253 e. The van der Waals surface area contributed by atoms with Gasteiger partial charge in [0.25, 0.3) is 5.91 Å². The van der Waals surface area contributed by atoms with E-state index in [0.29, 0.717) is 18.5 Å². The summed E-state index contributed by atoms with van der Waals surface area (Å²) < 4.78 is 0. The first-order valence-corrected chi connectivity index (χ1v) is 5.81. The van der Waals surface area contributed by atoms with Gasteiger partial charge in [-0.3, -0.25) is 9.59 Å². The second kappa shape index (κ2) is 5.35. The monoisotopic (exact) mass is 245 g/mol. The van der Waals surface area contributed by atoms with Crippen LogP contribution in [-0.4, -0.2) is 23.3 Å². The van der Waals surface area contributed by atoms with E-state index in [1.165, 1.54) is 0 Å². The van der Waals surface area contributed by atoms with Crippen LogP contribution in [0.15, 0.2) is 30.5 Å². The summed E-state index contributed by atoms with van der Waals surface area (Å²) >= 11 is 0. The lowest BCUT2D eigenvalue weighted by Gasteiger charge is -2.05. The lowest BCUT2D eigenvalue weighted by molar-refractivity contribution is -0.118. The molecule has 0 unspecified atom stereocenters. The number of H-pyrrole nitrogens is 1. The van der Waals surface area contributed by atoms with Crippen LogP contribution in [0.3, 0.4) is 0 Å². The van der Waals surface area contributed by atoms with Crippen molar-refractivity contribution in [1.82, 2.24) is 10.3 Å². The molecule has 0 aliphatic carbocycles. The Labute approximate surface area is 104 Å². The van der Waals surface area contributed by atoms with E-state index in [9.17, 15) is 9.59 Å². The van der Waals surface area contributed by atoms with E-state index in [1.807, 2.05) is 18.2 Å². The van der Waals surface area contributed by atoms with Gasteiger partial charge in [-0.25, -0.2) is 0 Å². The highest BCUT2D eigenvalue weighted by molar-refractivity contribution is 6.05. The molecular weight excluding hydrogens is 230 g/mol. The van der Waals surface area contributed by atoms with E-state index in [4.69, 9.17) is 5.73 Å². The molecule has 0 spiro atoms. The zero-order chi connectivity index (χ0) is 13.0. The fourth-order valence-electron chi connectivity index (χ4n) is 1.83. The van der Waals surface area contributed by atoms with Crippen molar-refractivity contribution in [3.8, 4) is 0 Å². The largest absolute Gasteiger partial charge is 0.370 e. The molecule has 2 rings (SSSR count). The molecule has 5 heteroatoms. The molecule has 5 nitrogen and oxygen atoms in total. The SMILES string of the molecule is NC(=O)CCCNC(=O)c1cccc2cc[nH]c12. The highest BCUT2D eigenvalue weighted by Crippen LogP contribution is 2.16. The van der Waals surface area contributed by atoms with Crippen molar-refractivity contribution in [1.29, 1.82) is 0 Å². The molecular formula is C13H15N3O2. The predicted octanol–water partition coefficient (Wildman–Crippen LogP) is 1.16. The molecule has 0 aliphatic rings. The molecule has 0 aliphatic heterocycles. The quantitative estimate of drug-likeness (QED) is 0.690. The molecule has 94 valence electrons. The molecule has 4 N–H and O–H groups in total. The van der Waals surface area contributed by atoms with Crippen molar-refractivity contribution in [3.63, 3.8) is 0 Å². The van der Waals surface area contributed by atoms with Crippen LogP contribution >= 0.6 is 0 Å². The number of carbonyl (C=O) groups is 2. The van der Waals surface area contributed by atoms with Crippen molar-refractivity contribution >= 4 is 22.7 Å². The fourth-order valence-corrected chi connectivity index (χ4v) is 1.83. The Hall–Kier alpha value is -2.30. The van der Waals surface area contributed by atoms with Crippen LogP contribution in [0.1, 0.15) is 23.2 Å². The molecule has 2 aromatic rings. The maximum absolute atomic E-state index is 12.0. The summed E-state index contributed by atoms with van der Waals surface area (Å²) in [6, 6.07) is 7.46. The number of para-hydroxylation sites is 1. The number of nitrogens with two attached hydrogens (primary N) is 1. The number of aromatic nitrogens is 1. The number of aromatic amines is 1. The lowest BCUT2D eigenvalue weighted by atomic mass is 10.1. The Bertz CT molecular complexity index is 574. The Balaban J connectivity index is 2.00. The second-order valence-corrected chi connectivity index (χ2v) is 4.07. The van der Waals surface area contributed by atoms with Gasteiger partial charge in [-0.2, -0.15) is 0 Å². The summed E-state index contributed by atoms with van der Waals surface area (Å²) in [4.78, 5) is 25.6. The van der Waals surface area contributed by atoms with E-state index in [0.717, 1.165) is 10.9 Å². The topological polar surface area (TPSA) is 88.0 Å². The van der Waals surface area contributed by atoms with Crippen LogP contribution in [0.4, 0.5) is 0 Å². The van der Waals surface area contributed by atoms with Gasteiger partial charge in [-0.15, -0.1) is 0 Å². The minimum Gasteiger partial charge on any atom is -0.370 e. The Morgan fingerprint density at radius 1 is 1.28 bits per heavy atom. The minimum atomic E-state index is -0.351. The van der Waals surface area contributed by atoms with Gasteiger partial charge < -0.3 is 16.0 Å². The van der Waals surface area contributed by atoms with Crippen molar-refractivity contribution in [2.75, 3.05) is 6.54 Å². The maximum Gasteiger partial charge on any atom is 0.253 e. The number of hydrogen-bond donors (Lipinski definition) is 3. The van der Waals surface area contributed by atoms with Gasteiger partial charge >= 0.3 is 0 Å². The summed E-state index contributed by atoms with van der Waals surface area (Å²) in [7, 11) is 0. The number of carbonyl (C=O) groups excluding carboxylic acids is 2. The first kappa shape index (κ1) is 12.2. The van der Waals surface area contributed by atoms with Crippen molar-refractivity contribution in [2.24, 2.45) is 5.73 Å². The highest BCUT2D eigenvalue weighted by atomic mass is 16.2. The first-order valence-electron chi connectivity index (χ1n) is 5.81. The summed E-state index contributed by atoms with van der Waals surface area (Å²) in [6.07, 6.45) is 2.64. The molecule has 0 atom stereocenters. The summed E-state index contributed by atoms with van der Waals surface area (Å²) in [5.74, 6) is -0.497. The molecule has 0 fully saturated rings. The number of amides is 2. The summed E-state index contributed by atoms with van der Waals surface area (Å²) in [5, 5.41) is 3.77. The third-order valence-corrected chi connectivity index (χ3v) is 2.72.